The molecule has 0 aliphatic heterocycles. The van der Waals surface area contributed by atoms with Crippen molar-refractivity contribution in [1.82, 2.24) is 0 Å². The molecule has 0 aliphatic rings. The zero-order valence-corrected chi connectivity index (χ0v) is 11.9. The Kier molecular flexibility index (Phi) is 4.15. The van der Waals surface area contributed by atoms with Crippen molar-refractivity contribution in [2.24, 2.45) is 5.73 Å². The highest BCUT2D eigenvalue weighted by Gasteiger charge is 2.14. The molecule has 2 N–H and O–H groups in total. The quantitative estimate of drug-likeness (QED) is 0.891. The fourth-order valence-corrected chi connectivity index (χ4v) is 2.40. The maximum Gasteiger partial charge on any atom is 0.134 e. The van der Waals surface area contributed by atoms with Gasteiger partial charge < -0.3 is 10.2 Å². The molecule has 1 aromatic heterocycles. The van der Waals surface area contributed by atoms with E-state index in [1.807, 2.05) is 18.2 Å². The molecule has 5 heteroatoms. The van der Waals surface area contributed by atoms with Crippen molar-refractivity contribution in [3.8, 4) is 0 Å². The summed E-state index contributed by atoms with van der Waals surface area (Å²) in [5.74, 6) is 0.732. The highest BCUT2D eigenvalue weighted by Crippen LogP contribution is 2.28. The molecule has 0 saturated heterocycles. The van der Waals surface area contributed by atoms with Gasteiger partial charge in [-0.1, -0.05) is 29.3 Å². The van der Waals surface area contributed by atoms with Gasteiger partial charge in [0.25, 0.3) is 0 Å². The predicted octanol–water partition coefficient (Wildman–Crippen LogP) is 4.59. The Balaban J connectivity index is 2.16. The third kappa shape index (κ3) is 3.05. The number of hydrogen-bond donors (Lipinski definition) is 1. The second-order valence-corrected chi connectivity index (χ2v) is 5.36. The van der Waals surface area contributed by atoms with Crippen molar-refractivity contribution in [2.75, 3.05) is 0 Å². The number of hydrogen-bond acceptors (Lipinski definition) is 2. The highest BCUT2D eigenvalue weighted by atomic mass is 79.9. The lowest BCUT2D eigenvalue weighted by Gasteiger charge is -2.10. The van der Waals surface area contributed by atoms with Gasteiger partial charge in [-0.05, 0) is 46.1 Å². The summed E-state index contributed by atoms with van der Waals surface area (Å²) in [6.07, 6.45) is 2.25. The lowest BCUT2D eigenvalue weighted by atomic mass is 10.1. The van der Waals surface area contributed by atoms with Crippen molar-refractivity contribution in [3.63, 3.8) is 0 Å². The van der Waals surface area contributed by atoms with Crippen LogP contribution >= 0.6 is 39.1 Å². The Labute approximate surface area is 118 Å². The van der Waals surface area contributed by atoms with E-state index in [4.69, 9.17) is 33.4 Å². The van der Waals surface area contributed by atoms with Crippen LogP contribution in [0.25, 0.3) is 0 Å². The van der Waals surface area contributed by atoms with Gasteiger partial charge in [0.2, 0.25) is 0 Å². The van der Waals surface area contributed by atoms with Crippen LogP contribution < -0.4 is 5.73 Å². The van der Waals surface area contributed by atoms with Crippen LogP contribution in [-0.2, 0) is 6.42 Å². The summed E-state index contributed by atoms with van der Waals surface area (Å²) in [6.45, 7) is 0. The van der Waals surface area contributed by atoms with Gasteiger partial charge in [0, 0.05) is 0 Å². The number of rotatable bonds is 3. The molecule has 0 aliphatic carbocycles. The van der Waals surface area contributed by atoms with Gasteiger partial charge in [-0.3, -0.25) is 0 Å². The first kappa shape index (κ1) is 13.0. The monoisotopic (exact) mass is 333 g/mol. The van der Waals surface area contributed by atoms with E-state index in [-0.39, 0.29) is 6.04 Å². The molecule has 1 unspecified atom stereocenters. The first-order chi connectivity index (χ1) is 8.08. The summed E-state index contributed by atoms with van der Waals surface area (Å²) < 4.78 is 6.20. The zero-order chi connectivity index (χ0) is 12.4. The molecule has 2 aromatic rings. The summed E-state index contributed by atoms with van der Waals surface area (Å²) in [7, 11) is 0. The minimum absolute atomic E-state index is 0.211. The normalized spacial score (nSPS) is 12.7. The minimum Gasteiger partial charge on any atom is -0.466 e. The van der Waals surface area contributed by atoms with Gasteiger partial charge in [0.15, 0.2) is 0 Å². The molecular weight excluding hydrogens is 325 g/mol. The van der Waals surface area contributed by atoms with Gasteiger partial charge in [-0.25, -0.2) is 0 Å². The topological polar surface area (TPSA) is 39.2 Å². The second kappa shape index (κ2) is 5.44. The lowest BCUT2D eigenvalue weighted by Crippen LogP contribution is -2.13. The minimum atomic E-state index is -0.211. The lowest BCUT2D eigenvalue weighted by molar-refractivity contribution is 0.462. The van der Waals surface area contributed by atoms with E-state index in [0.29, 0.717) is 16.5 Å². The van der Waals surface area contributed by atoms with Crippen molar-refractivity contribution >= 4 is 39.1 Å². The number of nitrogens with two attached hydrogens (primary N) is 1. The largest absolute Gasteiger partial charge is 0.466 e. The average Bonchev–Trinajstić information content (AvgIpc) is 2.70. The smallest absolute Gasteiger partial charge is 0.134 e. The van der Waals surface area contributed by atoms with Crippen LogP contribution in [0.2, 0.25) is 10.0 Å². The van der Waals surface area contributed by atoms with E-state index in [9.17, 15) is 0 Å². The molecule has 0 fully saturated rings. The first-order valence-electron chi connectivity index (χ1n) is 5.00. The van der Waals surface area contributed by atoms with E-state index >= 15 is 0 Å². The molecule has 0 radical (unpaired) electrons. The highest BCUT2D eigenvalue weighted by molar-refractivity contribution is 9.10. The Hall–Kier alpha value is -0.480. The number of furan rings is 1. The third-order valence-corrected chi connectivity index (χ3v) is 3.82. The van der Waals surface area contributed by atoms with Crippen LogP contribution in [0.4, 0.5) is 0 Å². The van der Waals surface area contributed by atoms with Gasteiger partial charge in [0.05, 0.1) is 26.8 Å². The van der Waals surface area contributed by atoms with Gasteiger partial charge in [-0.2, -0.15) is 0 Å². The molecule has 0 spiro atoms. The summed E-state index contributed by atoms with van der Waals surface area (Å²) in [6, 6.07) is 7.11. The maximum absolute atomic E-state index is 6.06. The van der Waals surface area contributed by atoms with Crippen molar-refractivity contribution in [1.29, 1.82) is 0 Å². The molecule has 2 nitrogen and oxygen atoms in total. The van der Waals surface area contributed by atoms with Crippen molar-refractivity contribution in [2.45, 2.75) is 12.5 Å². The zero-order valence-electron chi connectivity index (χ0n) is 8.79. The van der Waals surface area contributed by atoms with Crippen LogP contribution in [-0.4, -0.2) is 0 Å². The Morgan fingerprint density at radius 3 is 2.59 bits per heavy atom. The summed E-state index contributed by atoms with van der Waals surface area (Å²) in [5, 5.41) is 1.08. The van der Waals surface area contributed by atoms with E-state index in [2.05, 4.69) is 15.9 Å². The van der Waals surface area contributed by atoms with Gasteiger partial charge in [0.1, 0.15) is 5.76 Å². The van der Waals surface area contributed by atoms with Crippen molar-refractivity contribution in [3.05, 3.63) is 56.4 Å². The number of benzene rings is 1. The van der Waals surface area contributed by atoms with Crippen LogP contribution in [0.15, 0.2) is 39.4 Å². The molecule has 1 aromatic carbocycles. The predicted molar refractivity (Wildman–Crippen MR) is 73.5 cm³/mol. The van der Waals surface area contributed by atoms with Crippen LogP contribution in [0.3, 0.4) is 0 Å². The fraction of sp³-hybridized carbons (Fsp3) is 0.167. The average molecular weight is 335 g/mol. The Bertz CT molecular complexity index is 527. The molecule has 0 amide bonds. The SMILES string of the molecule is NC(Cc1ccc(Cl)c(Cl)c1)c1occc1Br. The van der Waals surface area contributed by atoms with E-state index < -0.39 is 0 Å². The molecule has 17 heavy (non-hydrogen) atoms. The van der Waals surface area contributed by atoms with Gasteiger partial charge in [-0.15, -0.1) is 0 Å². The fourth-order valence-electron chi connectivity index (χ4n) is 1.58. The molecule has 90 valence electrons. The van der Waals surface area contributed by atoms with Crippen LogP contribution in [0.1, 0.15) is 17.4 Å². The van der Waals surface area contributed by atoms with E-state index in [1.165, 1.54) is 0 Å². The Morgan fingerprint density at radius 2 is 2.00 bits per heavy atom. The third-order valence-electron chi connectivity index (χ3n) is 2.42. The van der Waals surface area contributed by atoms with Crippen LogP contribution in [0, 0.1) is 0 Å². The molecule has 0 saturated carbocycles. The Morgan fingerprint density at radius 1 is 1.24 bits per heavy atom. The van der Waals surface area contributed by atoms with Crippen LogP contribution in [0.5, 0.6) is 0 Å². The molecular formula is C12H10BrCl2NO. The molecule has 2 rings (SSSR count). The standard InChI is InChI=1S/C12H10BrCl2NO/c13-8-3-4-17-12(8)11(16)6-7-1-2-9(14)10(15)5-7/h1-5,11H,6,16H2. The summed E-state index contributed by atoms with van der Waals surface area (Å²) in [4.78, 5) is 0. The maximum atomic E-state index is 6.06. The van der Waals surface area contributed by atoms with E-state index in [0.717, 1.165) is 15.8 Å². The molecule has 1 heterocycles. The molecule has 0 bridgehead atoms. The first-order valence-corrected chi connectivity index (χ1v) is 6.55. The second-order valence-electron chi connectivity index (χ2n) is 3.69. The summed E-state index contributed by atoms with van der Waals surface area (Å²) >= 11 is 15.2. The molecule has 1 atom stereocenters. The van der Waals surface area contributed by atoms with Gasteiger partial charge >= 0.3 is 0 Å². The van der Waals surface area contributed by atoms with Crippen molar-refractivity contribution < 1.29 is 4.42 Å². The van der Waals surface area contributed by atoms with E-state index in [1.54, 1.807) is 12.3 Å². The summed E-state index contributed by atoms with van der Waals surface area (Å²) in [5.41, 5.74) is 7.08. The number of halogens is 3.